The van der Waals surface area contributed by atoms with Gasteiger partial charge in [0.25, 0.3) is 0 Å². The van der Waals surface area contributed by atoms with Crippen LogP contribution < -0.4 is 0 Å². The van der Waals surface area contributed by atoms with Crippen LogP contribution in [0.15, 0.2) is 42.5 Å². The van der Waals surface area contributed by atoms with Crippen LogP contribution >= 0.6 is 11.3 Å². The van der Waals surface area contributed by atoms with Gasteiger partial charge in [-0.25, -0.2) is 0 Å². The number of hydrogen-bond acceptors (Lipinski definition) is 6. The monoisotopic (exact) mass is 351 g/mol. The zero-order valence-corrected chi connectivity index (χ0v) is 14.4. The summed E-state index contributed by atoms with van der Waals surface area (Å²) in [6, 6.07) is 14.7. The maximum Gasteiger partial charge on any atom is 0.235 e. The van der Waals surface area contributed by atoms with Gasteiger partial charge < -0.3 is 4.74 Å². The van der Waals surface area contributed by atoms with Crippen LogP contribution in [-0.4, -0.2) is 51.0 Å². The summed E-state index contributed by atoms with van der Waals surface area (Å²) in [5, 5.41) is 16.9. The van der Waals surface area contributed by atoms with Crippen LogP contribution in [0, 0.1) is 0 Å². The highest BCUT2D eigenvalue weighted by molar-refractivity contribution is 7.19. The van der Waals surface area contributed by atoms with Crippen molar-refractivity contribution in [2.75, 3.05) is 26.3 Å². The molecule has 4 aromatic rings. The van der Waals surface area contributed by atoms with Gasteiger partial charge in [-0.1, -0.05) is 53.8 Å². The Bertz CT molecular complexity index is 1030. The Morgan fingerprint density at radius 3 is 2.76 bits per heavy atom. The molecule has 3 heterocycles. The first-order chi connectivity index (χ1) is 12.4. The van der Waals surface area contributed by atoms with Crippen molar-refractivity contribution in [3.63, 3.8) is 0 Å². The zero-order valence-electron chi connectivity index (χ0n) is 13.6. The number of ether oxygens (including phenoxy) is 1. The fourth-order valence-corrected chi connectivity index (χ4v) is 4.13. The summed E-state index contributed by atoms with van der Waals surface area (Å²) in [6.07, 6.45) is 0. The van der Waals surface area contributed by atoms with Crippen LogP contribution in [0.2, 0.25) is 0 Å². The second-order valence-corrected chi connectivity index (χ2v) is 7.09. The van der Waals surface area contributed by atoms with Crippen LogP contribution in [0.5, 0.6) is 0 Å². The molecule has 2 aromatic heterocycles. The minimum Gasteiger partial charge on any atom is -0.379 e. The Kier molecular flexibility index (Phi) is 3.70. The van der Waals surface area contributed by atoms with E-state index in [1.807, 2.05) is 4.52 Å². The van der Waals surface area contributed by atoms with Crippen LogP contribution in [0.3, 0.4) is 0 Å². The van der Waals surface area contributed by atoms with Crippen molar-refractivity contribution in [2.24, 2.45) is 0 Å². The van der Waals surface area contributed by atoms with Crippen molar-refractivity contribution in [1.82, 2.24) is 24.7 Å². The summed E-state index contributed by atoms with van der Waals surface area (Å²) in [4.78, 5) is 3.17. The van der Waals surface area contributed by atoms with Gasteiger partial charge in [0.1, 0.15) is 5.01 Å². The summed E-state index contributed by atoms with van der Waals surface area (Å²) >= 11 is 1.58. The minimum absolute atomic E-state index is 0.753. The number of fused-ring (bicyclic) bond motifs is 2. The number of morpholine rings is 1. The fourth-order valence-electron chi connectivity index (χ4n) is 3.24. The van der Waals surface area contributed by atoms with E-state index >= 15 is 0 Å². The van der Waals surface area contributed by atoms with Crippen LogP contribution in [0.25, 0.3) is 26.3 Å². The average molecular weight is 351 g/mol. The number of benzene rings is 2. The lowest BCUT2D eigenvalue weighted by Crippen LogP contribution is -2.36. The molecule has 0 amide bonds. The highest BCUT2D eigenvalue weighted by Crippen LogP contribution is 2.31. The van der Waals surface area contributed by atoms with Gasteiger partial charge in [0.05, 0.1) is 19.8 Å². The second-order valence-electron chi connectivity index (χ2n) is 6.13. The molecule has 1 aliphatic rings. The zero-order chi connectivity index (χ0) is 16.6. The van der Waals surface area contributed by atoms with Gasteiger partial charge in [-0.15, -0.1) is 10.2 Å². The van der Waals surface area contributed by atoms with Crippen molar-refractivity contribution >= 4 is 27.1 Å². The van der Waals surface area contributed by atoms with Gasteiger partial charge in [-0.3, -0.25) is 4.90 Å². The summed E-state index contributed by atoms with van der Waals surface area (Å²) < 4.78 is 7.30. The summed E-state index contributed by atoms with van der Waals surface area (Å²) in [6.45, 7) is 4.16. The SMILES string of the molecule is c1ccc2c(-c3nn4c(CN5CCOCC5)nnc4s3)cccc2c1. The highest BCUT2D eigenvalue weighted by Gasteiger charge is 2.18. The second kappa shape index (κ2) is 6.18. The van der Waals surface area contributed by atoms with Gasteiger partial charge in [-0.05, 0) is 10.8 Å². The molecule has 0 N–H and O–H groups in total. The Morgan fingerprint density at radius 2 is 1.84 bits per heavy atom. The van der Waals surface area contributed by atoms with Crippen LogP contribution in [0.1, 0.15) is 5.82 Å². The Hall–Kier alpha value is -2.35. The molecule has 0 spiro atoms. The van der Waals surface area contributed by atoms with Crippen molar-refractivity contribution in [3.05, 3.63) is 48.3 Å². The van der Waals surface area contributed by atoms with Crippen molar-refractivity contribution < 1.29 is 4.74 Å². The molecule has 0 saturated carbocycles. The predicted molar refractivity (Wildman–Crippen MR) is 97.7 cm³/mol. The van der Waals surface area contributed by atoms with E-state index in [9.17, 15) is 0 Å². The normalized spacial score (nSPS) is 16.0. The van der Waals surface area contributed by atoms with Crippen molar-refractivity contribution in [2.45, 2.75) is 6.54 Å². The van der Waals surface area contributed by atoms with Gasteiger partial charge in [-0.2, -0.15) is 9.61 Å². The van der Waals surface area contributed by atoms with Crippen LogP contribution in [-0.2, 0) is 11.3 Å². The molecule has 0 radical (unpaired) electrons. The summed E-state index contributed by atoms with van der Waals surface area (Å²) in [5.74, 6) is 0.889. The first-order valence-corrected chi connectivity index (χ1v) is 9.19. The van der Waals surface area contributed by atoms with E-state index in [4.69, 9.17) is 9.84 Å². The quantitative estimate of drug-likeness (QED) is 0.568. The smallest absolute Gasteiger partial charge is 0.235 e. The van der Waals surface area contributed by atoms with E-state index in [1.165, 1.54) is 10.8 Å². The largest absolute Gasteiger partial charge is 0.379 e. The van der Waals surface area contributed by atoms with E-state index < -0.39 is 0 Å². The maximum absolute atomic E-state index is 5.41. The highest BCUT2D eigenvalue weighted by atomic mass is 32.1. The fraction of sp³-hybridized carbons (Fsp3) is 0.278. The van der Waals surface area contributed by atoms with E-state index in [1.54, 1.807) is 11.3 Å². The molecule has 5 rings (SSSR count). The van der Waals surface area contributed by atoms with Crippen LogP contribution in [0.4, 0.5) is 0 Å². The number of nitrogens with zero attached hydrogens (tertiary/aromatic N) is 5. The standard InChI is InChI=1S/C18H17N5OS/c1-2-6-14-13(4-1)5-3-7-15(14)17-21-23-16(19-20-18(23)25-17)12-22-8-10-24-11-9-22/h1-7H,8-12H2. The molecule has 0 atom stereocenters. The maximum atomic E-state index is 5.41. The molecule has 1 fully saturated rings. The third-order valence-electron chi connectivity index (χ3n) is 4.54. The molecular formula is C18H17N5OS. The van der Waals surface area contributed by atoms with E-state index in [-0.39, 0.29) is 0 Å². The molecule has 0 bridgehead atoms. The van der Waals surface area contributed by atoms with Crippen molar-refractivity contribution in [1.29, 1.82) is 0 Å². The van der Waals surface area contributed by atoms with Gasteiger partial charge in [0, 0.05) is 18.7 Å². The minimum atomic E-state index is 0.753. The third-order valence-corrected chi connectivity index (χ3v) is 5.48. The number of rotatable bonds is 3. The molecule has 126 valence electrons. The number of hydrogen-bond donors (Lipinski definition) is 0. The first-order valence-electron chi connectivity index (χ1n) is 8.38. The number of aromatic nitrogens is 4. The topological polar surface area (TPSA) is 55.5 Å². The van der Waals surface area contributed by atoms with Gasteiger partial charge >= 0.3 is 0 Å². The molecule has 2 aromatic carbocycles. The molecule has 1 saturated heterocycles. The molecule has 7 heteroatoms. The lowest BCUT2D eigenvalue weighted by molar-refractivity contribution is 0.0328. The molecular weight excluding hydrogens is 334 g/mol. The molecule has 25 heavy (non-hydrogen) atoms. The van der Waals surface area contributed by atoms with Gasteiger partial charge in [0.15, 0.2) is 5.82 Å². The third kappa shape index (κ3) is 2.70. The predicted octanol–water partition coefficient (Wildman–Crippen LogP) is 2.84. The summed E-state index contributed by atoms with van der Waals surface area (Å²) in [7, 11) is 0. The Labute approximate surface area is 148 Å². The van der Waals surface area contributed by atoms with E-state index in [2.05, 4.69) is 57.6 Å². The Morgan fingerprint density at radius 1 is 1.00 bits per heavy atom. The van der Waals surface area contributed by atoms with E-state index in [0.717, 1.165) is 54.2 Å². The van der Waals surface area contributed by atoms with Crippen molar-refractivity contribution in [3.8, 4) is 10.6 Å². The average Bonchev–Trinajstić information content (AvgIpc) is 3.24. The first kappa shape index (κ1) is 14.9. The Balaban J connectivity index is 1.54. The molecule has 0 aliphatic carbocycles. The summed E-state index contributed by atoms with van der Waals surface area (Å²) in [5.41, 5.74) is 1.14. The molecule has 1 aliphatic heterocycles. The lowest BCUT2D eigenvalue weighted by Gasteiger charge is -2.25. The molecule has 0 unspecified atom stereocenters. The molecule has 6 nitrogen and oxygen atoms in total. The lowest BCUT2D eigenvalue weighted by atomic mass is 10.1. The van der Waals surface area contributed by atoms with E-state index in [0.29, 0.717) is 0 Å². The van der Waals surface area contributed by atoms with Gasteiger partial charge in [0.2, 0.25) is 4.96 Å².